The zero-order valence-electron chi connectivity index (χ0n) is 13.4. The van der Waals surface area contributed by atoms with Crippen molar-refractivity contribution in [3.05, 3.63) is 35.7 Å². The number of benzene rings is 1. The summed E-state index contributed by atoms with van der Waals surface area (Å²) in [5.41, 5.74) is 2.13. The fourth-order valence-electron chi connectivity index (χ4n) is 2.49. The van der Waals surface area contributed by atoms with Gasteiger partial charge in [-0.15, -0.1) is 10.2 Å². The van der Waals surface area contributed by atoms with E-state index in [1.165, 1.54) is 5.56 Å². The molecule has 1 aliphatic rings. The number of hydrogen-bond acceptors (Lipinski definition) is 5. The molecule has 1 aromatic heterocycles. The predicted molar refractivity (Wildman–Crippen MR) is 84.2 cm³/mol. The SMILES string of the molecule is Cc1ccc(-c2nnc(C(C)N(C)CC(O)C3CC3)o2)cc1. The number of likely N-dealkylation sites (N-methyl/N-ethyl adjacent to an activating group) is 1. The summed E-state index contributed by atoms with van der Waals surface area (Å²) < 4.78 is 5.80. The van der Waals surface area contributed by atoms with Crippen LogP contribution in [-0.2, 0) is 0 Å². The van der Waals surface area contributed by atoms with Gasteiger partial charge in [-0.05, 0) is 51.8 Å². The minimum absolute atomic E-state index is 0.0138. The van der Waals surface area contributed by atoms with Gasteiger partial charge in [0, 0.05) is 12.1 Å². The van der Waals surface area contributed by atoms with Gasteiger partial charge in [0.05, 0.1) is 12.1 Å². The molecular formula is C17H23N3O2. The molecule has 1 aliphatic carbocycles. The number of aliphatic hydroxyl groups excluding tert-OH is 1. The van der Waals surface area contributed by atoms with Gasteiger partial charge in [-0.1, -0.05) is 17.7 Å². The van der Waals surface area contributed by atoms with Crippen molar-refractivity contribution in [2.45, 2.75) is 38.8 Å². The van der Waals surface area contributed by atoms with Crippen LogP contribution in [0.5, 0.6) is 0 Å². The minimum Gasteiger partial charge on any atom is -0.419 e. The van der Waals surface area contributed by atoms with Gasteiger partial charge in [0.2, 0.25) is 11.8 Å². The molecule has 2 atom stereocenters. The molecule has 2 aromatic rings. The average Bonchev–Trinajstić information content (AvgIpc) is 3.25. The lowest BCUT2D eigenvalue weighted by molar-refractivity contribution is 0.0852. The van der Waals surface area contributed by atoms with Crippen LogP contribution in [0.1, 0.15) is 37.3 Å². The fourth-order valence-corrected chi connectivity index (χ4v) is 2.49. The van der Waals surface area contributed by atoms with Crippen LogP contribution in [0, 0.1) is 12.8 Å². The molecular weight excluding hydrogens is 278 g/mol. The summed E-state index contributed by atoms with van der Waals surface area (Å²) in [6.45, 7) is 4.70. The molecule has 5 nitrogen and oxygen atoms in total. The van der Waals surface area contributed by atoms with E-state index in [0.717, 1.165) is 18.4 Å². The molecule has 1 heterocycles. The Labute approximate surface area is 131 Å². The normalized spacial score (nSPS) is 17.7. The quantitative estimate of drug-likeness (QED) is 0.889. The van der Waals surface area contributed by atoms with Crippen LogP contribution in [0.2, 0.25) is 0 Å². The molecule has 0 aliphatic heterocycles. The predicted octanol–water partition coefficient (Wildman–Crippen LogP) is 2.81. The standard InChI is InChI=1S/C17H23N3O2/c1-11-4-6-14(7-5-11)17-19-18-16(22-17)12(2)20(3)10-15(21)13-8-9-13/h4-7,12-13,15,21H,8-10H2,1-3H3. The highest BCUT2D eigenvalue weighted by Gasteiger charge is 2.31. The average molecular weight is 301 g/mol. The zero-order valence-corrected chi connectivity index (χ0v) is 13.4. The molecule has 1 aromatic carbocycles. The van der Waals surface area contributed by atoms with Crippen molar-refractivity contribution < 1.29 is 9.52 Å². The molecule has 22 heavy (non-hydrogen) atoms. The minimum atomic E-state index is -0.257. The molecule has 1 fully saturated rings. The molecule has 0 radical (unpaired) electrons. The van der Waals surface area contributed by atoms with Crippen molar-refractivity contribution in [2.24, 2.45) is 5.92 Å². The lowest BCUT2D eigenvalue weighted by Crippen LogP contribution is -2.32. The summed E-state index contributed by atoms with van der Waals surface area (Å²) in [5.74, 6) is 1.60. The second kappa shape index (κ2) is 6.18. The van der Waals surface area contributed by atoms with Crippen LogP contribution in [0.15, 0.2) is 28.7 Å². The number of nitrogens with zero attached hydrogens (tertiary/aromatic N) is 3. The van der Waals surface area contributed by atoms with Gasteiger partial charge in [-0.25, -0.2) is 0 Å². The highest BCUT2D eigenvalue weighted by molar-refractivity contribution is 5.52. The summed E-state index contributed by atoms with van der Waals surface area (Å²) in [6, 6.07) is 8.01. The molecule has 1 saturated carbocycles. The third-order valence-electron chi connectivity index (χ3n) is 4.40. The number of rotatable bonds is 6. The Balaban J connectivity index is 1.67. The first-order valence-electron chi connectivity index (χ1n) is 7.83. The van der Waals surface area contributed by atoms with Crippen molar-refractivity contribution in [2.75, 3.05) is 13.6 Å². The Bertz CT molecular complexity index is 619. The van der Waals surface area contributed by atoms with Gasteiger partial charge in [0.25, 0.3) is 0 Å². The van der Waals surface area contributed by atoms with E-state index in [0.29, 0.717) is 24.2 Å². The molecule has 0 saturated heterocycles. The maximum Gasteiger partial charge on any atom is 0.247 e. The van der Waals surface area contributed by atoms with Crippen molar-refractivity contribution in [1.29, 1.82) is 0 Å². The molecule has 0 amide bonds. The van der Waals surface area contributed by atoms with E-state index in [1.54, 1.807) is 0 Å². The van der Waals surface area contributed by atoms with Crippen molar-refractivity contribution in [3.8, 4) is 11.5 Å². The summed E-state index contributed by atoms with van der Waals surface area (Å²) >= 11 is 0. The Morgan fingerprint density at radius 2 is 1.95 bits per heavy atom. The maximum atomic E-state index is 10.1. The highest BCUT2D eigenvalue weighted by Crippen LogP contribution is 2.33. The molecule has 0 bridgehead atoms. The van der Waals surface area contributed by atoms with Gasteiger partial charge >= 0.3 is 0 Å². The Hall–Kier alpha value is -1.72. The van der Waals surface area contributed by atoms with E-state index in [4.69, 9.17) is 4.42 Å². The largest absolute Gasteiger partial charge is 0.419 e. The topological polar surface area (TPSA) is 62.4 Å². The van der Waals surface area contributed by atoms with Crippen LogP contribution in [-0.4, -0.2) is 39.9 Å². The van der Waals surface area contributed by atoms with E-state index in [9.17, 15) is 5.11 Å². The monoisotopic (exact) mass is 301 g/mol. The van der Waals surface area contributed by atoms with E-state index < -0.39 is 0 Å². The molecule has 2 unspecified atom stereocenters. The number of hydrogen-bond donors (Lipinski definition) is 1. The Morgan fingerprint density at radius 1 is 1.27 bits per heavy atom. The fraction of sp³-hybridized carbons (Fsp3) is 0.529. The maximum absolute atomic E-state index is 10.1. The third kappa shape index (κ3) is 3.36. The van der Waals surface area contributed by atoms with Gasteiger partial charge < -0.3 is 9.52 Å². The van der Waals surface area contributed by atoms with E-state index in [2.05, 4.69) is 15.1 Å². The van der Waals surface area contributed by atoms with Gasteiger partial charge in [-0.2, -0.15) is 0 Å². The van der Waals surface area contributed by atoms with Gasteiger partial charge in [0.1, 0.15) is 0 Å². The van der Waals surface area contributed by atoms with Crippen molar-refractivity contribution >= 4 is 0 Å². The molecule has 5 heteroatoms. The number of aromatic nitrogens is 2. The van der Waals surface area contributed by atoms with E-state index in [-0.39, 0.29) is 12.1 Å². The summed E-state index contributed by atoms with van der Waals surface area (Å²) in [7, 11) is 1.98. The van der Waals surface area contributed by atoms with Gasteiger partial charge in [0.15, 0.2) is 0 Å². The number of aryl methyl sites for hydroxylation is 1. The van der Waals surface area contributed by atoms with Crippen molar-refractivity contribution in [3.63, 3.8) is 0 Å². The van der Waals surface area contributed by atoms with Crippen LogP contribution >= 0.6 is 0 Å². The molecule has 118 valence electrons. The highest BCUT2D eigenvalue weighted by atomic mass is 16.4. The van der Waals surface area contributed by atoms with Crippen LogP contribution in [0.3, 0.4) is 0 Å². The molecule has 0 spiro atoms. The Morgan fingerprint density at radius 3 is 2.59 bits per heavy atom. The van der Waals surface area contributed by atoms with Crippen LogP contribution in [0.25, 0.3) is 11.5 Å². The van der Waals surface area contributed by atoms with Crippen LogP contribution in [0.4, 0.5) is 0 Å². The zero-order chi connectivity index (χ0) is 15.7. The third-order valence-corrected chi connectivity index (χ3v) is 4.40. The Kier molecular flexibility index (Phi) is 4.27. The van der Waals surface area contributed by atoms with E-state index >= 15 is 0 Å². The first-order valence-corrected chi connectivity index (χ1v) is 7.83. The van der Waals surface area contributed by atoms with Gasteiger partial charge in [-0.3, -0.25) is 4.90 Å². The lowest BCUT2D eigenvalue weighted by Gasteiger charge is -2.24. The lowest BCUT2D eigenvalue weighted by atomic mass is 10.1. The second-order valence-corrected chi connectivity index (χ2v) is 6.33. The number of aliphatic hydroxyl groups is 1. The molecule has 1 N–H and O–H groups in total. The summed E-state index contributed by atoms with van der Waals surface area (Å²) in [6.07, 6.45) is 2.02. The van der Waals surface area contributed by atoms with Crippen LogP contribution < -0.4 is 0 Å². The molecule has 3 rings (SSSR count). The smallest absolute Gasteiger partial charge is 0.247 e. The first-order chi connectivity index (χ1) is 10.5. The van der Waals surface area contributed by atoms with E-state index in [1.807, 2.05) is 45.2 Å². The summed E-state index contributed by atoms with van der Waals surface area (Å²) in [4.78, 5) is 2.06. The first kappa shape index (κ1) is 15.2. The second-order valence-electron chi connectivity index (χ2n) is 6.33. The van der Waals surface area contributed by atoms with Crippen molar-refractivity contribution in [1.82, 2.24) is 15.1 Å². The summed E-state index contributed by atoms with van der Waals surface area (Å²) in [5, 5.41) is 18.4.